The van der Waals surface area contributed by atoms with Gasteiger partial charge in [-0.05, 0) is 53.0 Å². The second kappa shape index (κ2) is 7.22. The van der Waals surface area contributed by atoms with E-state index in [4.69, 9.17) is 0 Å². The standard InChI is InChI=1S/C16H18BrN3O/c1-3-10-18-14-9-5-8-13(19-14)16(21)20-12-7-4-6-11(2)15(12)17/h4-9H,3,10H2,1-2H3,(H,18,19)(H,20,21). The van der Waals surface area contributed by atoms with Crippen LogP contribution in [0.2, 0.25) is 0 Å². The van der Waals surface area contributed by atoms with Gasteiger partial charge in [0.05, 0.1) is 5.69 Å². The monoisotopic (exact) mass is 347 g/mol. The van der Waals surface area contributed by atoms with Crippen molar-refractivity contribution in [2.75, 3.05) is 17.2 Å². The van der Waals surface area contributed by atoms with Crippen molar-refractivity contribution in [2.45, 2.75) is 20.3 Å². The van der Waals surface area contributed by atoms with Gasteiger partial charge in [-0.15, -0.1) is 0 Å². The van der Waals surface area contributed by atoms with Crippen LogP contribution in [-0.4, -0.2) is 17.4 Å². The molecule has 1 heterocycles. The predicted molar refractivity (Wildman–Crippen MR) is 89.8 cm³/mol. The van der Waals surface area contributed by atoms with Gasteiger partial charge < -0.3 is 10.6 Å². The number of carbonyl (C=O) groups excluding carboxylic acids is 1. The van der Waals surface area contributed by atoms with Crippen molar-refractivity contribution < 1.29 is 4.79 Å². The van der Waals surface area contributed by atoms with E-state index in [0.29, 0.717) is 11.5 Å². The topological polar surface area (TPSA) is 54.0 Å². The third-order valence-electron chi connectivity index (χ3n) is 2.98. The van der Waals surface area contributed by atoms with Crippen molar-refractivity contribution in [2.24, 2.45) is 0 Å². The number of aromatic nitrogens is 1. The van der Waals surface area contributed by atoms with Crippen molar-refractivity contribution in [3.05, 3.63) is 52.1 Å². The third-order valence-corrected chi connectivity index (χ3v) is 4.03. The lowest BCUT2D eigenvalue weighted by Gasteiger charge is -2.10. The summed E-state index contributed by atoms with van der Waals surface area (Å²) in [6, 6.07) is 11.1. The molecular formula is C16H18BrN3O. The van der Waals surface area contributed by atoms with E-state index in [1.165, 1.54) is 0 Å². The average Bonchev–Trinajstić information content (AvgIpc) is 2.50. The molecule has 0 radical (unpaired) electrons. The molecule has 2 aromatic rings. The maximum absolute atomic E-state index is 12.3. The summed E-state index contributed by atoms with van der Waals surface area (Å²) in [5, 5.41) is 6.05. The zero-order valence-corrected chi connectivity index (χ0v) is 13.7. The number of pyridine rings is 1. The first-order valence-electron chi connectivity index (χ1n) is 6.89. The minimum atomic E-state index is -0.221. The quantitative estimate of drug-likeness (QED) is 0.850. The molecule has 4 nitrogen and oxygen atoms in total. The summed E-state index contributed by atoms with van der Waals surface area (Å²) >= 11 is 3.48. The molecule has 0 aliphatic heterocycles. The average molecular weight is 348 g/mol. The van der Waals surface area contributed by atoms with Gasteiger partial charge in [-0.3, -0.25) is 4.79 Å². The Bertz CT molecular complexity index is 643. The number of hydrogen-bond donors (Lipinski definition) is 2. The van der Waals surface area contributed by atoms with Crippen molar-refractivity contribution >= 4 is 33.3 Å². The van der Waals surface area contributed by atoms with Gasteiger partial charge in [0.2, 0.25) is 0 Å². The number of benzene rings is 1. The number of aryl methyl sites for hydroxylation is 1. The lowest BCUT2D eigenvalue weighted by atomic mass is 10.2. The zero-order chi connectivity index (χ0) is 15.2. The molecule has 0 saturated heterocycles. The van der Waals surface area contributed by atoms with E-state index in [-0.39, 0.29) is 5.91 Å². The van der Waals surface area contributed by atoms with Gasteiger partial charge in [0, 0.05) is 11.0 Å². The Balaban J connectivity index is 2.15. The Morgan fingerprint density at radius 1 is 1.24 bits per heavy atom. The van der Waals surface area contributed by atoms with Gasteiger partial charge >= 0.3 is 0 Å². The summed E-state index contributed by atoms with van der Waals surface area (Å²) in [6.45, 7) is 4.90. The van der Waals surface area contributed by atoms with E-state index in [2.05, 4.69) is 38.5 Å². The first-order chi connectivity index (χ1) is 10.1. The van der Waals surface area contributed by atoms with Crippen molar-refractivity contribution in [1.82, 2.24) is 4.98 Å². The molecule has 2 rings (SSSR count). The minimum Gasteiger partial charge on any atom is -0.370 e. The van der Waals surface area contributed by atoms with Gasteiger partial charge in [-0.2, -0.15) is 0 Å². The van der Waals surface area contributed by atoms with Crippen LogP contribution in [0.25, 0.3) is 0 Å². The molecule has 5 heteroatoms. The number of rotatable bonds is 5. The summed E-state index contributed by atoms with van der Waals surface area (Å²) in [5.41, 5.74) is 2.21. The minimum absolute atomic E-state index is 0.221. The highest BCUT2D eigenvalue weighted by atomic mass is 79.9. The number of hydrogen-bond acceptors (Lipinski definition) is 3. The van der Waals surface area contributed by atoms with Gasteiger partial charge in [0.1, 0.15) is 11.5 Å². The molecule has 0 aliphatic rings. The molecule has 0 aliphatic carbocycles. The summed E-state index contributed by atoms with van der Waals surface area (Å²) in [4.78, 5) is 16.6. The van der Waals surface area contributed by atoms with E-state index in [1.54, 1.807) is 6.07 Å². The highest BCUT2D eigenvalue weighted by Crippen LogP contribution is 2.26. The fourth-order valence-corrected chi connectivity index (χ4v) is 2.21. The number of amides is 1. The normalized spacial score (nSPS) is 10.2. The molecule has 1 amide bonds. The van der Waals surface area contributed by atoms with E-state index in [1.807, 2.05) is 37.3 Å². The number of nitrogens with one attached hydrogen (secondary N) is 2. The Labute approximate surface area is 133 Å². The molecule has 0 bridgehead atoms. The highest BCUT2D eigenvalue weighted by molar-refractivity contribution is 9.10. The molecule has 21 heavy (non-hydrogen) atoms. The summed E-state index contributed by atoms with van der Waals surface area (Å²) in [7, 11) is 0. The summed E-state index contributed by atoms with van der Waals surface area (Å²) in [6.07, 6.45) is 1.01. The Morgan fingerprint density at radius 3 is 2.76 bits per heavy atom. The first-order valence-corrected chi connectivity index (χ1v) is 7.68. The van der Waals surface area contributed by atoms with E-state index in [9.17, 15) is 4.79 Å². The Morgan fingerprint density at radius 2 is 2.00 bits per heavy atom. The number of anilines is 2. The fraction of sp³-hybridized carbons (Fsp3) is 0.250. The molecule has 1 aromatic heterocycles. The summed E-state index contributed by atoms with van der Waals surface area (Å²) < 4.78 is 0.888. The van der Waals surface area contributed by atoms with Gasteiger partial charge in [0.25, 0.3) is 5.91 Å². The van der Waals surface area contributed by atoms with Crippen molar-refractivity contribution in [3.8, 4) is 0 Å². The lowest BCUT2D eigenvalue weighted by Crippen LogP contribution is -2.15. The molecule has 0 fully saturated rings. The van der Waals surface area contributed by atoms with E-state index in [0.717, 1.165) is 28.7 Å². The maximum atomic E-state index is 12.3. The number of halogens is 1. The first kappa shape index (κ1) is 15.5. The SMILES string of the molecule is CCCNc1cccc(C(=O)Nc2cccc(C)c2Br)n1. The van der Waals surface area contributed by atoms with Gasteiger partial charge in [0.15, 0.2) is 0 Å². The van der Waals surface area contributed by atoms with Crippen molar-refractivity contribution in [1.29, 1.82) is 0 Å². The third kappa shape index (κ3) is 4.04. The van der Waals surface area contributed by atoms with Crippen LogP contribution < -0.4 is 10.6 Å². The molecule has 1 aromatic carbocycles. The largest absolute Gasteiger partial charge is 0.370 e. The molecule has 0 unspecified atom stereocenters. The van der Waals surface area contributed by atoms with Crippen LogP contribution in [0.15, 0.2) is 40.9 Å². The number of carbonyl (C=O) groups is 1. The van der Waals surface area contributed by atoms with Crippen LogP contribution in [0.5, 0.6) is 0 Å². The maximum Gasteiger partial charge on any atom is 0.274 e. The summed E-state index contributed by atoms with van der Waals surface area (Å²) in [5.74, 6) is 0.495. The highest BCUT2D eigenvalue weighted by Gasteiger charge is 2.11. The van der Waals surface area contributed by atoms with Crippen LogP contribution in [0.3, 0.4) is 0 Å². The zero-order valence-electron chi connectivity index (χ0n) is 12.1. The second-order valence-corrected chi connectivity index (χ2v) is 5.52. The molecule has 2 N–H and O–H groups in total. The van der Waals surface area contributed by atoms with E-state index >= 15 is 0 Å². The predicted octanol–water partition coefficient (Wildman–Crippen LogP) is 4.23. The number of nitrogens with zero attached hydrogens (tertiary/aromatic N) is 1. The molecular weight excluding hydrogens is 330 g/mol. The fourth-order valence-electron chi connectivity index (χ4n) is 1.84. The van der Waals surface area contributed by atoms with Crippen molar-refractivity contribution in [3.63, 3.8) is 0 Å². The van der Waals surface area contributed by atoms with Gasteiger partial charge in [-0.25, -0.2) is 4.98 Å². The van der Waals surface area contributed by atoms with Gasteiger partial charge in [-0.1, -0.05) is 25.1 Å². The van der Waals surface area contributed by atoms with Crippen LogP contribution in [0, 0.1) is 6.92 Å². The van der Waals surface area contributed by atoms with Crippen LogP contribution in [0.4, 0.5) is 11.5 Å². The second-order valence-electron chi connectivity index (χ2n) is 4.73. The Hall–Kier alpha value is -1.88. The molecule has 0 saturated carbocycles. The smallest absolute Gasteiger partial charge is 0.274 e. The molecule has 0 atom stereocenters. The molecule has 0 spiro atoms. The van der Waals surface area contributed by atoms with Crippen LogP contribution in [0.1, 0.15) is 29.4 Å². The van der Waals surface area contributed by atoms with Crippen LogP contribution >= 0.6 is 15.9 Å². The van der Waals surface area contributed by atoms with E-state index < -0.39 is 0 Å². The van der Waals surface area contributed by atoms with Crippen LogP contribution in [-0.2, 0) is 0 Å². The Kier molecular flexibility index (Phi) is 5.33. The lowest BCUT2D eigenvalue weighted by molar-refractivity contribution is 0.102. The molecule has 110 valence electrons.